The summed E-state index contributed by atoms with van der Waals surface area (Å²) >= 11 is 7.11. The van der Waals surface area contributed by atoms with Gasteiger partial charge in [0.25, 0.3) is 0 Å². The number of fused-ring (bicyclic) bond motifs is 3. The zero-order chi connectivity index (χ0) is 33.9. The maximum Gasteiger partial charge on any atom is 0.249 e. The lowest BCUT2D eigenvalue weighted by Gasteiger charge is -2.40. The Morgan fingerprint density at radius 2 is 1.87 bits per heavy atom. The van der Waals surface area contributed by atoms with Crippen LogP contribution in [0.5, 0.6) is 0 Å². The van der Waals surface area contributed by atoms with Crippen molar-refractivity contribution in [2.24, 2.45) is 0 Å². The normalized spacial score (nSPS) is 26.7. The third-order valence-corrected chi connectivity index (χ3v) is 17.2. The Hall–Kier alpha value is -2.94. The van der Waals surface area contributed by atoms with E-state index >= 15 is 8.78 Å². The number of hydroxylamine groups is 2. The average molecular weight is 683 g/mol. The maximum absolute atomic E-state index is 16.1. The summed E-state index contributed by atoms with van der Waals surface area (Å²) in [6, 6.07) is 5.46. The molecule has 1 N–H and O–H groups in total. The Bertz CT molecular complexity index is 1750. The zero-order valence-corrected chi connectivity index (χ0v) is 29.5. The predicted molar refractivity (Wildman–Crippen MR) is 182 cm³/mol. The predicted octanol–water partition coefficient (Wildman–Crippen LogP) is 8.29. The summed E-state index contributed by atoms with van der Waals surface area (Å²) in [5.41, 5.74) is 5.58. The second-order valence-electron chi connectivity index (χ2n) is 14.3. The van der Waals surface area contributed by atoms with Crippen LogP contribution in [0.2, 0.25) is 16.6 Å². The van der Waals surface area contributed by atoms with Gasteiger partial charge >= 0.3 is 0 Å². The number of aromatic nitrogens is 2. The fourth-order valence-corrected chi connectivity index (χ4v) is 13.9. The number of hydrogen-bond donors (Lipinski definition) is 1. The SMILES string of the molecule is CC(C)[Si](C#CC1=C2C(F)=CC(O)(F)C=C2C(Cl)=C(c2ccc3cncnc3c2)N1OC[C@@]12CCCN1C[C@H](F)C2)(C(C)C)C(C)C. The van der Waals surface area contributed by atoms with Gasteiger partial charge in [0.05, 0.1) is 28.4 Å². The Kier molecular flexibility index (Phi) is 9.03. The van der Waals surface area contributed by atoms with Gasteiger partial charge in [0.1, 0.15) is 32.1 Å². The third kappa shape index (κ3) is 5.88. The smallest absolute Gasteiger partial charge is 0.249 e. The van der Waals surface area contributed by atoms with Crippen molar-refractivity contribution in [1.82, 2.24) is 19.9 Å². The standard InChI is InChI=1S/C36H42ClF3N4O2Si/c1-22(2)47(23(3)4,24(5)6)13-10-31-32-28(16-36(40,45)17-29(32)39)33(37)34(25-8-9-26-18-41-21-42-30(26)14-25)44(31)46-20-35-11-7-12-43(35)19-27(38)15-35/h8-9,14,16-18,21-24,27,45H,7,11-12,15,19-20H2,1-6H3/t27-,35+,36?/m1/s1. The molecule has 11 heteroatoms. The van der Waals surface area contributed by atoms with Gasteiger partial charge in [-0.2, -0.15) is 0 Å². The summed E-state index contributed by atoms with van der Waals surface area (Å²) in [7, 11) is -2.37. The lowest BCUT2D eigenvalue weighted by atomic mass is 9.89. The molecule has 4 heterocycles. The second-order valence-corrected chi connectivity index (χ2v) is 20.2. The molecule has 1 aromatic carbocycles. The minimum Gasteiger partial charge on any atom is -0.355 e. The van der Waals surface area contributed by atoms with E-state index in [1.807, 2.05) is 12.1 Å². The summed E-state index contributed by atoms with van der Waals surface area (Å²) in [5.74, 6) is -0.690. The van der Waals surface area contributed by atoms with E-state index in [1.165, 1.54) is 11.4 Å². The van der Waals surface area contributed by atoms with Crippen LogP contribution in [0.1, 0.15) is 66.4 Å². The molecule has 2 aromatic rings. The van der Waals surface area contributed by atoms with Gasteiger partial charge in [0.15, 0.2) is 0 Å². The molecule has 0 radical (unpaired) electrons. The topological polar surface area (TPSA) is 61.7 Å². The third-order valence-electron chi connectivity index (χ3n) is 10.5. The summed E-state index contributed by atoms with van der Waals surface area (Å²) < 4.78 is 46.1. The van der Waals surface area contributed by atoms with E-state index in [9.17, 15) is 9.50 Å². The van der Waals surface area contributed by atoms with Crippen molar-refractivity contribution in [1.29, 1.82) is 0 Å². The van der Waals surface area contributed by atoms with Crippen molar-refractivity contribution in [3.8, 4) is 11.5 Å². The molecule has 2 fully saturated rings. The lowest BCUT2D eigenvalue weighted by Crippen LogP contribution is -2.45. The van der Waals surface area contributed by atoms with Crippen molar-refractivity contribution in [3.05, 3.63) is 76.1 Å². The summed E-state index contributed by atoms with van der Waals surface area (Å²) in [4.78, 5) is 17.4. The molecule has 0 spiro atoms. The molecule has 0 amide bonds. The Morgan fingerprint density at radius 1 is 1.15 bits per heavy atom. The molecular weight excluding hydrogens is 641 g/mol. The van der Waals surface area contributed by atoms with Crippen LogP contribution < -0.4 is 0 Å². The highest BCUT2D eigenvalue weighted by molar-refractivity contribution is 6.90. The van der Waals surface area contributed by atoms with Crippen LogP contribution in [-0.4, -0.2) is 70.4 Å². The molecule has 1 aliphatic carbocycles. The number of alkyl halides is 2. The molecular formula is C36H42ClF3N4O2Si. The van der Waals surface area contributed by atoms with E-state index in [0.717, 1.165) is 30.8 Å². The number of hydrogen-bond acceptors (Lipinski definition) is 6. The van der Waals surface area contributed by atoms with Gasteiger partial charge in [-0.1, -0.05) is 71.2 Å². The van der Waals surface area contributed by atoms with Crippen LogP contribution >= 0.6 is 11.6 Å². The van der Waals surface area contributed by atoms with Crippen LogP contribution in [0.15, 0.2) is 70.6 Å². The first-order valence-corrected chi connectivity index (χ1v) is 19.0. The van der Waals surface area contributed by atoms with E-state index in [1.54, 1.807) is 12.3 Å². The van der Waals surface area contributed by atoms with E-state index in [4.69, 9.17) is 16.4 Å². The molecule has 250 valence electrons. The first-order chi connectivity index (χ1) is 22.2. The fraction of sp³-hybridized carbons (Fsp3) is 0.500. The molecule has 2 saturated heterocycles. The minimum atomic E-state index is -3.07. The van der Waals surface area contributed by atoms with Gasteiger partial charge in [0.2, 0.25) is 5.85 Å². The van der Waals surface area contributed by atoms with Gasteiger partial charge in [-0.15, -0.1) is 5.54 Å². The van der Waals surface area contributed by atoms with Crippen LogP contribution in [0.4, 0.5) is 13.2 Å². The molecule has 3 atom stereocenters. The van der Waals surface area contributed by atoms with Crippen LogP contribution in [0.25, 0.3) is 16.6 Å². The second kappa shape index (κ2) is 12.5. The molecule has 6 rings (SSSR count). The van der Waals surface area contributed by atoms with Crippen molar-refractivity contribution >= 4 is 36.3 Å². The first-order valence-electron chi connectivity index (χ1n) is 16.4. The highest BCUT2D eigenvalue weighted by Crippen LogP contribution is 2.49. The number of benzene rings is 1. The van der Waals surface area contributed by atoms with E-state index < -0.39 is 31.5 Å². The van der Waals surface area contributed by atoms with Crippen LogP contribution in [0.3, 0.4) is 0 Å². The largest absolute Gasteiger partial charge is 0.355 e. The molecule has 1 unspecified atom stereocenters. The number of halogens is 4. The monoisotopic (exact) mass is 682 g/mol. The van der Waals surface area contributed by atoms with Gasteiger partial charge in [0, 0.05) is 47.3 Å². The van der Waals surface area contributed by atoms with Gasteiger partial charge < -0.3 is 5.11 Å². The highest BCUT2D eigenvalue weighted by atomic mass is 35.5. The zero-order valence-electron chi connectivity index (χ0n) is 27.7. The number of rotatable bonds is 7. The summed E-state index contributed by atoms with van der Waals surface area (Å²) in [6.45, 7) is 14.3. The Labute approximate surface area is 281 Å². The molecule has 4 aliphatic rings. The van der Waals surface area contributed by atoms with Crippen molar-refractivity contribution in [3.63, 3.8) is 0 Å². The lowest BCUT2D eigenvalue weighted by molar-refractivity contribution is -0.115. The van der Waals surface area contributed by atoms with Crippen molar-refractivity contribution in [2.75, 3.05) is 19.7 Å². The molecule has 1 aromatic heterocycles. The molecule has 6 nitrogen and oxygen atoms in total. The van der Waals surface area contributed by atoms with E-state index in [2.05, 4.69) is 67.9 Å². The Balaban J connectivity index is 1.59. The molecule has 0 saturated carbocycles. The van der Waals surface area contributed by atoms with Crippen LogP contribution in [0, 0.1) is 11.5 Å². The number of aliphatic hydroxyl groups is 1. The van der Waals surface area contributed by atoms with Gasteiger partial charge in [-0.3, -0.25) is 9.74 Å². The Morgan fingerprint density at radius 3 is 2.57 bits per heavy atom. The quantitative estimate of drug-likeness (QED) is 0.234. The molecule has 3 aliphatic heterocycles. The fourth-order valence-electron chi connectivity index (χ4n) is 8.38. The van der Waals surface area contributed by atoms with Crippen molar-refractivity contribution in [2.45, 2.75) is 95.0 Å². The number of allylic oxidation sites excluding steroid dienone is 5. The van der Waals surface area contributed by atoms with E-state index in [-0.39, 0.29) is 45.1 Å². The summed E-state index contributed by atoms with van der Waals surface area (Å²) in [6.07, 6.45) is 5.60. The molecule has 0 bridgehead atoms. The van der Waals surface area contributed by atoms with E-state index in [0.29, 0.717) is 35.8 Å². The summed E-state index contributed by atoms with van der Waals surface area (Å²) in [5, 5.41) is 12.6. The highest BCUT2D eigenvalue weighted by Gasteiger charge is 2.50. The van der Waals surface area contributed by atoms with Gasteiger partial charge in [-0.25, -0.2) is 28.2 Å². The van der Waals surface area contributed by atoms with Gasteiger partial charge in [-0.05, 0) is 48.2 Å². The number of nitrogens with zero attached hydrogens (tertiary/aromatic N) is 4. The van der Waals surface area contributed by atoms with Crippen LogP contribution in [-0.2, 0) is 4.84 Å². The molecule has 47 heavy (non-hydrogen) atoms. The first kappa shape index (κ1) is 33.9. The average Bonchev–Trinajstić information content (AvgIpc) is 3.51. The maximum atomic E-state index is 16.1. The minimum absolute atomic E-state index is 0.0187. The van der Waals surface area contributed by atoms with Crippen molar-refractivity contribution < 1.29 is 23.1 Å².